The fourth-order valence-corrected chi connectivity index (χ4v) is 2.07. The van der Waals surface area contributed by atoms with Crippen LogP contribution in [0.15, 0.2) is 47.6 Å². The number of hydrogen-bond donors (Lipinski definition) is 0. The van der Waals surface area contributed by atoms with Crippen LogP contribution in [-0.4, -0.2) is 0 Å². The van der Waals surface area contributed by atoms with Crippen LogP contribution in [0.2, 0.25) is 0 Å². The van der Waals surface area contributed by atoms with Crippen molar-refractivity contribution in [3.8, 4) is 0 Å². The maximum absolute atomic E-state index is 3.77. The summed E-state index contributed by atoms with van der Waals surface area (Å²) in [5, 5.41) is 0. The Balaban J connectivity index is 3.04. The highest BCUT2D eigenvalue weighted by Crippen LogP contribution is 2.40. The molecule has 0 heterocycles. The van der Waals surface area contributed by atoms with Gasteiger partial charge < -0.3 is 0 Å². The van der Waals surface area contributed by atoms with Crippen molar-refractivity contribution in [2.75, 3.05) is 0 Å². The van der Waals surface area contributed by atoms with E-state index in [4.69, 9.17) is 0 Å². The van der Waals surface area contributed by atoms with Crippen molar-refractivity contribution in [1.29, 1.82) is 0 Å². The molecule has 0 nitrogen and oxygen atoms in total. The second-order valence-electron chi connectivity index (χ2n) is 5.00. The van der Waals surface area contributed by atoms with Crippen molar-refractivity contribution in [2.24, 2.45) is 5.41 Å². The van der Waals surface area contributed by atoms with Gasteiger partial charge in [-0.2, -0.15) is 0 Å². The van der Waals surface area contributed by atoms with Crippen LogP contribution in [0, 0.1) is 5.41 Å². The normalized spacial score (nSPS) is 23.9. The van der Waals surface area contributed by atoms with Crippen LogP contribution in [0.5, 0.6) is 0 Å². The molecular formula is C15H22. The third-order valence-electron chi connectivity index (χ3n) is 3.21. The van der Waals surface area contributed by atoms with E-state index in [0.29, 0.717) is 5.41 Å². The van der Waals surface area contributed by atoms with Crippen molar-refractivity contribution in [3.05, 3.63) is 47.6 Å². The van der Waals surface area contributed by atoms with Crippen LogP contribution in [0.25, 0.3) is 0 Å². The zero-order chi connectivity index (χ0) is 11.5. The highest BCUT2D eigenvalue weighted by Gasteiger charge is 2.25. The molecule has 0 aromatic heterocycles. The van der Waals surface area contributed by atoms with Gasteiger partial charge in [0.05, 0.1) is 0 Å². The summed E-state index contributed by atoms with van der Waals surface area (Å²) in [7, 11) is 0. The molecule has 0 N–H and O–H groups in total. The number of hydrogen-bond acceptors (Lipinski definition) is 0. The van der Waals surface area contributed by atoms with E-state index >= 15 is 0 Å². The maximum atomic E-state index is 3.77. The Morgan fingerprint density at radius 3 is 2.67 bits per heavy atom. The lowest BCUT2D eigenvalue weighted by atomic mass is 9.73. The smallest absolute Gasteiger partial charge is 0.00981 e. The Bertz CT molecular complexity index is 335. The number of rotatable bonds is 2. The van der Waals surface area contributed by atoms with E-state index < -0.39 is 0 Å². The SMILES string of the molecule is C=C/C(C)=C/C=C1\C(C)=CCCC1(C)C. The predicted molar refractivity (Wildman–Crippen MR) is 68.8 cm³/mol. The first-order valence-corrected chi connectivity index (χ1v) is 5.66. The van der Waals surface area contributed by atoms with Gasteiger partial charge >= 0.3 is 0 Å². The molecule has 0 spiro atoms. The lowest BCUT2D eigenvalue weighted by Crippen LogP contribution is -2.18. The molecule has 82 valence electrons. The fraction of sp³-hybridized carbons (Fsp3) is 0.467. The van der Waals surface area contributed by atoms with Gasteiger partial charge in [0.25, 0.3) is 0 Å². The average Bonchev–Trinajstić information content (AvgIpc) is 2.15. The van der Waals surface area contributed by atoms with E-state index in [9.17, 15) is 0 Å². The first-order chi connectivity index (χ1) is 6.97. The molecule has 0 radical (unpaired) electrons. The average molecular weight is 202 g/mol. The first-order valence-electron chi connectivity index (χ1n) is 5.66. The molecule has 1 rings (SSSR count). The molecule has 0 saturated heterocycles. The highest BCUT2D eigenvalue weighted by atomic mass is 14.3. The molecule has 0 aromatic carbocycles. The summed E-state index contributed by atoms with van der Waals surface area (Å²) < 4.78 is 0. The van der Waals surface area contributed by atoms with Crippen LogP contribution >= 0.6 is 0 Å². The molecule has 0 amide bonds. The van der Waals surface area contributed by atoms with Crippen LogP contribution in [-0.2, 0) is 0 Å². The lowest BCUT2D eigenvalue weighted by molar-refractivity contribution is 0.404. The third-order valence-corrected chi connectivity index (χ3v) is 3.21. The molecule has 0 unspecified atom stereocenters. The molecule has 1 aliphatic carbocycles. The maximum Gasteiger partial charge on any atom is -0.00981 e. The van der Waals surface area contributed by atoms with Crippen LogP contribution in [0.4, 0.5) is 0 Å². The van der Waals surface area contributed by atoms with Crippen molar-refractivity contribution >= 4 is 0 Å². The largest absolute Gasteiger partial charge is 0.0988 e. The molecule has 0 aromatic rings. The van der Waals surface area contributed by atoms with E-state index in [0.717, 1.165) is 0 Å². The van der Waals surface area contributed by atoms with Gasteiger partial charge in [-0.3, -0.25) is 0 Å². The summed E-state index contributed by atoms with van der Waals surface area (Å²) in [6, 6.07) is 0. The lowest BCUT2D eigenvalue weighted by Gasteiger charge is -2.32. The van der Waals surface area contributed by atoms with Gasteiger partial charge in [-0.1, -0.05) is 55.9 Å². The second-order valence-corrected chi connectivity index (χ2v) is 5.00. The summed E-state index contributed by atoms with van der Waals surface area (Å²) in [4.78, 5) is 0. The molecule has 1 aliphatic rings. The van der Waals surface area contributed by atoms with Gasteiger partial charge in [-0.05, 0) is 37.7 Å². The monoisotopic (exact) mass is 202 g/mol. The van der Waals surface area contributed by atoms with Gasteiger partial charge in [0.15, 0.2) is 0 Å². The Labute approximate surface area is 94.1 Å². The first kappa shape index (κ1) is 12.0. The van der Waals surface area contributed by atoms with Gasteiger partial charge in [-0.25, -0.2) is 0 Å². The van der Waals surface area contributed by atoms with E-state index in [1.54, 1.807) is 0 Å². The molecule has 0 fully saturated rings. The second kappa shape index (κ2) is 4.65. The summed E-state index contributed by atoms with van der Waals surface area (Å²) in [6.07, 6.45) is 11.1. The van der Waals surface area contributed by atoms with E-state index in [2.05, 4.69) is 52.5 Å². The Morgan fingerprint density at radius 1 is 1.47 bits per heavy atom. The number of allylic oxidation sites excluding steroid dienone is 7. The molecule has 0 bridgehead atoms. The van der Waals surface area contributed by atoms with E-state index in [1.165, 1.54) is 29.6 Å². The van der Waals surface area contributed by atoms with E-state index in [1.807, 2.05) is 6.08 Å². The van der Waals surface area contributed by atoms with Crippen molar-refractivity contribution in [2.45, 2.75) is 40.5 Å². The molecule has 0 aliphatic heterocycles. The zero-order valence-electron chi connectivity index (χ0n) is 10.4. The fourth-order valence-electron chi connectivity index (χ4n) is 2.07. The van der Waals surface area contributed by atoms with Gasteiger partial charge in [0.1, 0.15) is 0 Å². The molecule has 0 saturated carbocycles. The zero-order valence-corrected chi connectivity index (χ0v) is 10.4. The van der Waals surface area contributed by atoms with Crippen molar-refractivity contribution in [3.63, 3.8) is 0 Å². The van der Waals surface area contributed by atoms with Gasteiger partial charge in [-0.15, -0.1) is 0 Å². The van der Waals surface area contributed by atoms with Crippen molar-refractivity contribution in [1.82, 2.24) is 0 Å². The Hall–Kier alpha value is -1.04. The third kappa shape index (κ3) is 2.95. The summed E-state index contributed by atoms with van der Waals surface area (Å²) >= 11 is 0. The Kier molecular flexibility index (Phi) is 3.73. The topological polar surface area (TPSA) is 0 Å². The minimum atomic E-state index is 0.316. The standard InChI is InChI=1S/C15H22/c1-6-12(2)9-10-14-13(3)8-7-11-15(14,4)5/h6,8-10H,1,7,11H2,2-5H3/b12-9+,14-10+. The molecule has 0 heteroatoms. The van der Waals surface area contributed by atoms with Gasteiger partial charge in [0.2, 0.25) is 0 Å². The Morgan fingerprint density at radius 2 is 2.13 bits per heavy atom. The predicted octanol–water partition coefficient (Wildman–Crippen LogP) is 4.81. The minimum Gasteiger partial charge on any atom is -0.0988 e. The molecule has 15 heavy (non-hydrogen) atoms. The molecular weight excluding hydrogens is 180 g/mol. The van der Waals surface area contributed by atoms with Crippen LogP contribution in [0.1, 0.15) is 40.5 Å². The van der Waals surface area contributed by atoms with Crippen molar-refractivity contribution < 1.29 is 0 Å². The van der Waals surface area contributed by atoms with E-state index in [-0.39, 0.29) is 0 Å². The highest BCUT2D eigenvalue weighted by molar-refractivity contribution is 5.40. The van der Waals surface area contributed by atoms with Gasteiger partial charge in [0, 0.05) is 0 Å². The summed E-state index contributed by atoms with van der Waals surface area (Å²) in [5.74, 6) is 0. The minimum absolute atomic E-state index is 0.316. The van der Waals surface area contributed by atoms with Crippen LogP contribution < -0.4 is 0 Å². The summed E-state index contributed by atoms with van der Waals surface area (Å²) in [5.41, 5.74) is 4.43. The van der Waals surface area contributed by atoms with Crippen LogP contribution in [0.3, 0.4) is 0 Å². The quantitative estimate of drug-likeness (QED) is 0.564. The summed E-state index contributed by atoms with van der Waals surface area (Å²) in [6.45, 7) is 12.7. The molecule has 0 atom stereocenters.